The SMILES string of the molecule is CO[C@H]1[C@H](O[C@H]2CC[C@@]3(C)C(=CC[C@@H]4[C@@H]3CC[C@]3(C)[C@@H]([C@H](C)O[C@@H]5O[C@H](CO[C@H]6O[C@H](C)[C@@H](O)[C@H](O)[C@@H]6O)[C@@H](O)[C@H](O)[C@H]5O)CC[C@]43O)C2)O[C@H](C)[C@H](O)[C@@H]1O[C@@H]1O[C@H](CO)[C@@H](O)[C@H](O)[C@H]1O. The molecule has 0 bridgehead atoms. The van der Waals surface area contributed by atoms with Crippen LogP contribution in [0.15, 0.2) is 11.6 Å². The maximum atomic E-state index is 12.9. The second kappa shape index (κ2) is 20.1. The van der Waals surface area contributed by atoms with E-state index in [1.165, 1.54) is 19.6 Å². The van der Waals surface area contributed by atoms with Crippen LogP contribution in [0.4, 0.5) is 0 Å². The van der Waals surface area contributed by atoms with Gasteiger partial charge < -0.3 is 104 Å². The first kappa shape index (κ1) is 52.2. The molecule has 12 N–H and O–H groups in total. The van der Waals surface area contributed by atoms with Gasteiger partial charge in [-0.1, -0.05) is 25.5 Å². The number of hydrogen-bond donors (Lipinski definition) is 12. The molecule has 21 heteroatoms. The van der Waals surface area contributed by atoms with Crippen LogP contribution in [0, 0.1) is 28.6 Å². The van der Waals surface area contributed by atoms with E-state index in [-0.39, 0.29) is 29.3 Å². The summed E-state index contributed by atoms with van der Waals surface area (Å²) < 4.78 is 53.7. The predicted molar refractivity (Wildman–Crippen MR) is 227 cm³/mol. The zero-order chi connectivity index (χ0) is 48.7. The molecule has 7 fully saturated rings. The third-order valence-corrected chi connectivity index (χ3v) is 17.6. The highest BCUT2D eigenvalue weighted by Crippen LogP contribution is 2.68. The molecule has 28 atom stereocenters. The normalized spacial score (nSPS) is 55.2. The summed E-state index contributed by atoms with van der Waals surface area (Å²) >= 11 is 0. The van der Waals surface area contributed by atoms with E-state index in [0.717, 1.165) is 12.8 Å². The van der Waals surface area contributed by atoms with Crippen LogP contribution in [0.2, 0.25) is 0 Å². The van der Waals surface area contributed by atoms with Crippen LogP contribution in [0.5, 0.6) is 0 Å². The van der Waals surface area contributed by atoms with Gasteiger partial charge in [0.2, 0.25) is 0 Å². The fourth-order valence-corrected chi connectivity index (χ4v) is 13.3. The Morgan fingerprint density at radius 1 is 0.642 bits per heavy atom. The maximum Gasteiger partial charge on any atom is 0.187 e. The Balaban J connectivity index is 0.902. The molecule has 0 aromatic rings. The lowest BCUT2D eigenvalue weighted by Crippen LogP contribution is -2.64. The van der Waals surface area contributed by atoms with E-state index in [2.05, 4.69) is 19.9 Å². The van der Waals surface area contributed by atoms with Crippen LogP contribution in [0.3, 0.4) is 0 Å². The van der Waals surface area contributed by atoms with E-state index in [1.807, 2.05) is 6.92 Å². The van der Waals surface area contributed by atoms with Crippen LogP contribution < -0.4 is 0 Å². The Morgan fingerprint density at radius 2 is 1.25 bits per heavy atom. The van der Waals surface area contributed by atoms with Crippen LogP contribution in [-0.2, 0) is 42.6 Å². The van der Waals surface area contributed by atoms with Crippen molar-refractivity contribution in [3.8, 4) is 0 Å². The second-order valence-electron chi connectivity index (χ2n) is 21.2. The number of hydrogen-bond acceptors (Lipinski definition) is 21. The Morgan fingerprint density at radius 3 is 1.94 bits per heavy atom. The van der Waals surface area contributed by atoms with Crippen molar-refractivity contribution in [3.05, 3.63) is 11.6 Å². The molecule has 0 unspecified atom stereocenters. The molecule has 21 nitrogen and oxygen atoms in total. The molecule has 8 rings (SSSR count). The third kappa shape index (κ3) is 9.11. The number of rotatable bonds is 12. The highest BCUT2D eigenvalue weighted by atomic mass is 16.8. The molecule has 8 aliphatic rings. The molecular weight excluding hydrogens is 888 g/mol. The first-order valence-electron chi connectivity index (χ1n) is 24.2. The summed E-state index contributed by atoms with van der Waals surface area (Å²) in [5.41, 5.74) is -0.602. The van der Waals surface area contributed by atoms with Crippen molar-refractivity contribution in [3.63, 3.8) is 0 Å². The molecule has 386 valence electrons. The van der Waals surface area contributed by atoms with E-state index >= 15 is 0 Å². The van der Waals surface area contributed by atoms with Gasteiger partial charge in [0, 0.05) is 12.5 Å². The van der Waals surface area contributed by atoms with Gasteiger partial charge in [0.25, 0.3) is 0 Å². The Labute approximate surface area is 390 Å². The van der Waals surface area contributed by atoms with Crippen molar-refractivity contribution in [2.24, 2.45) is 28.6 Å². The minimum Gasteiger partial charge on any atom is -0.394 e. The average molecular weight is 965 g/mol. The van der Waals surface area contributed by atoms with Gasteiger partial charge in [0.05, 0.1) is 43.2 Å². The summed E-state index contributed by atoms with van der Waals surface area (Å²) in [6.07, 6.45) is -20.1. The lowest BCUT2D eigenvalue weighted by Gasteiger charge is -2.61. The maximum absolute atomic E-state index is 12.9. The molecule has 0 radical (unpaired) electrons. The third-order valence-electron chi connectivity index (χ3n) is 17.6. The monoisotopic (exact) mass is 964 g/mol. The fourth-order valence-electron chi connectivity index (χ4n) is 13.3. The zero-order valence-electron chi connectivity index (χ0n) is 39.1. The lowest BCUT2D eigenvalue weighted by molar-refractivity contribution is -0.363. The molecule has 67 heavy (non-hydrogen) atoms. The molecule has 0 spiro atoms. The standard InChI is InChI=1S/C46H76O21/c1-18(61-41-36(56)34(54)31(51)27(66-41)17-60-40-35(55)32(52)28(48)19(2)62-40)23-11-14-46(58)25-8-7-21-15-22(9-12-44(21,4)24(25)10-13-45(23,46)5)64-43-39(59-6)38(29(49)20(3)63-43)67-42-37(57)33(53)30(50)26(16-47)65-42/h7,18-20,22-43,47-58H,8-17H2,1-6H3/t18-,19+,20+,22-,23+,24-,25+,26+,27+,28+,29-,30+,31+,32-,33-,34-,35-,36+,37+,38-,39+,40-,41+,42-,43-,44-,45+,46-/m0/s1. The summed E-state index contributed by atoms with van der Waals surface area (Å²) in [5, 5.41) is 129. The molecule has 3 saturated carbocycles. The Hall–Kier alpha value is -1.10. The zero-order valence-corrected chi connectivity index (χ0v) is 39.1. The van der Waals surface area contributed by atoms with Gasteiger partial charge in [-0.15, -0.1) is 0 Å². The number of fused-ring (bicyclic) bond motifs is 5. The number of ether oxygens (including phenoxy) is 9. The highest BCUT2D eigenvalue weighted by molar-refractivity contribution is 5.28. The molecule has 0 aromatic heterocycles. The van der Waals surface area contributed by atoms with E-state index in [9.17, 15) is 61.3 Å². The van der Waals surface area contributed by atoms with Crippen LogP contribution in [-0.4, -0.2) is 222 Å². The minimum atomic E-state index is -1.68. The number of allylic oxidation sites excluding steroid dienone is 1. The van der Waals surface area contributed by atoms with Crippen molar-refractivity contribution >= 4 is 0 Å². The smallest absolute Gasteiger partial charge is 0.187 e. The molecular formula is C46H76O21. The van der Waals surface area contributed by atoms with E-state index in [4.69, 9.17) is 42.6 Å². The van der Waals surface area contributed by atoms with Crippen molar-refractivity contribution in [2.45, 2.75) is 227 Å². The van der Waals surface area contributed by atoms with E-state index in [1.54, 1.807) is 6.92 Å². The quantitative estimate of drug-likeness (QED) is 0.0895. The van der Waals surface area contributed by atoms with Gasteiger partial charge in [0.15, 0.2) is 25.2 Å². The molecule has 0 amide bonds. The largest absolute Gasteiger partial charge is 0.394 e. The van der Waals surface area contributed by atoms with Gasteiger partial charge in [-0.2, -0.15) is 0 Å². The Kier molecular flexibility index (Phi) is 15.6. The summed E-state index contributed by atoms with van der Waals surface area (Å²) in [6.45, 7) is 8.37. The van der Waals surface area contributed by atoms with Crippen molar-refractivity contribution < 1.29 is 104 Å². The molecule has 4 aliphatic heterocycles. The summed E-state index contributed by atoms with van der Waals surface area (Å²) in [4.78, 5) is 0. The van der Waals surface area contributed by atoms with Crippen molar-refractivity contribution in [1.29, 1.82) is 0 Å². The van der Waals surface area contributed by atoms with Gasteiger partial charge in [-0.3, -0.25) is 0 Å². The van der Waals surface area contributed by atoms with Gasteiger partial charge in [0.1, 0.15) is 85.5 Å². The van der Waals surface area contributed by atoms with Crippen molar-refractivity contribution in [1.82, 2.24) is 0 Å². The predicted octanol–water partition coefficient (Wildman–Crippen LogP) is -2.57. The van der Waals surface area contributed by atoms with Crippen LogP contribution in [0.25, 0.3) is 0 Å². The van der Waals surface area contributed by atoms with Gasteiger partial charge in [-0.05, 0) is 95.3 Å². The van der Waals surface area contributed by atoms with Crippen LogP contribution in [0.1, 0.15) is 86.0 Å². The van der Waals surface area contributed by atoms with Gasteiger partial charge >= 0.3 is 0 Å². The summed E-state index contributed by atoms with van der Waals surface area (Å²) in [6, 6.07) is 0. The number of methoxy groups -OCH3 is 1. The Bertz CT molecular complexity index is 1710. The molecule has 4 aliphatic carbocycles. The topological polar surface area (TPSA) is 326 Å². The second-order valence-corrected chi connectivity index (χ2v) is 21.2. The number of aliphatic hydroxyl groups excluding tert-OH is 11. The van der Waals surface area contributed by atoms with Crippen molar-refractivity contribution in [2.75, 3.05) is 20.3 Å². The van der Waals surface area contributed by atoms with Gasteiger partial charge in [-0.25, -0.2) is 0 Å². The summed E-state index contributed by atoms with van der Waals surface area (Å²) in [7, 11) is 1.42. The van der Waals surface area contributed by atoms with Crippen LogP contribution >= 0.6 is 0 Å². The lowest BCUT2D eigenvalue weighted by atomic mass is 9.45. The van der Waals surface area contributed by atoms with E-state index in [0.29, 0.717) is 38.5 Å². The first-order valence-corrected chi connectivity index (χ1v) is 24.2. The molecule has 4 heterocycles. The molecule has 4 saturated heterocycles. The minimum absolute atomic E-state index is 0.0494. The fraction of sp³-hybridized carbons (Fsp3) is 0.957. The number of aliphatic hydroxyl groups is 12. The summed E-state index contributed by atoms with van der Waals surface area (Å²) in [5.74, 6) is -0.0359. The first-order chi connectivity index (χ1) is 31.6. The average Bonchev–Trinajstić information content (AvgIpc) is 3.59. The van der Waals surface area contributed by atoms with E-state index < -0.39 is 153 Å². The molecule has 0 aromatic carbocycles. The highest BCUT2D eigenvalue weighted by Gasteiger charge is 2.67.